The lowest BCUT2D eigenvalue weighted by molar-refractivity contribution is -0.168. The molecule has 5 rings (SSSR count). The van der Waals surface area contributed by atoms with Crippen LogP contribution in [0.3, 0.4) is 0 Å². The summed E-state index contributed by atoms with van der Waals surface area (Å²) >= 11 is 0. The van der Waals surface area contributed by atoms with Crippen molar-refractivity contribution in [3.05, 3.63) is 107 Å². The number of rotatable bonds is 12. The number of aliphatic hydroxyl groups is 2. The smallest absolute Gasteiger partial charge is 0.408 e. The first-order valence-corrected chi connectivity index (χ1v) is 16.0. The molecule has 0 radical (unpaired) electrons. The van der Waals surface area contributed by atoms with Crippen LogP contribution in [0.25, 0.3) is 16.9 Å². The molecule has 1 aliphatic rings. The van der Waals surface area contributed by atoms with Crippen LogP contribution in [0.2, 0.25) is 0 Å². The molecule has 47 heavy (non-hydrogen) atoms. The van der Waals surface area contributed by atoms with Crippen LogP contribution in [0.4, 0.5) is 4.79 Å². The van der Waals surface area contributed by atoms with E-state index in [1.54, 1.807) is 0 Å². The number of nitrogens with one attached hydrogen (secondary N) is 1. The van der Waals surface area contributed by atoms with E-state index >= 15 is 0 Å². The first kappa shape index (κ1) is 33.8. The number of benzene rings is 3. The molecule has 0 bridgehead atoms. The summed E-state index contributed by atoms with van der Waals surface area (Å²) in [6.45, 7) is 5.44. The number of carbonyl (C=O) groups is 2. The number of carbonyl (C=O) groups excluding carboxylic acids is 2. The fourth-order valence-electron chi connectivity index (χ4n) is 5.64. The number of hydrogen-bond donors (Lipinski definition) is 3. The summed E-state index contributed by atoms with van der Waals surface area (Å²) in [5, 5.41) is 28.7. The number of ether oxygens (including phenoxy) is 3. The van der Waals surface area contributed by atoms with Gasteiger partial charge in [0.25, 0.3) is 0 Å². The molecule has 1 aromatic heterocycles. The molecular weight excluding hydrogens is 598 g/mol. The molecule has 4 aromatic rings. The van der Waals surface area contributed by atoms with Crippen molar-refractivity contribution < 1.29 is 34.0 Å². The van der Waals surface area contributed by atoms with Crippen molar-refractivity contribution >= 4 is 12.1 Å². The first-order valence-electron chi connectivity index (χ1n) is 16.0. The summed E-state index contributed by atoms with van der Waals surface area (Å²) in [7, 11) is 0. The normalized spacial score (nSPS) is 18.5. The van der Waals surface area contributed by atoms with Crippen LogP contribution in [0, 0.1) is 12.8 Å². The molecule has 1 fully saturated rings. The first-order chi connectivity index (χ1) is 22.6. The van der Waals surface area contributed by atoms with Gasteiger partial charge in [0.2, 0.25) is 0 Å². The van der Waals surface area contributed by atoms with E-state index in [0.717, 1.165) is 33.6 Å². The number of hydrogen-bond acceptors (Lipinski definition) is 8. The molecule has 10 heteroatoms. The Morgan fingerprint density at radius 2 is 1.64 bits per heavy atom. The molecule has 0 saturated heterocycles. The van der Waals surface area contributed by atoms with E-state index in [-0.39, 0.29) is 32.0 Å². The van der Waals surface area contributed by atoms with Gasteiger partial charge in [-0.15, -0.1) is 0 Å². The Kier molecular flexibility index (Phi) is 11.1. The van der Waals surface area contributed by atoms with Crippen LogP contribution in [0.15, 0.2) is 84.9 Å². The molecular formula is C37H43N3O7. The lowest BCUT2D eigenvalue weighted by atomic mass is 9.81. The second-order valence-corrected chi connectivity index (χ2v) is 12.4. The van der Waals surface area contributed by atoms with Crippen LogP contribution in [-0.2, 0) is 37.8 Å². The summed E-state index contributed by atoms with van der Waals surface area (Å²) in [6.07, 6.45) is 1.01. The molecule has 3 N–H and O–H groups in total. The van der Waals surface area contributed by atoms with Gasteiger partial charge in [0, 0.05) is 5.56 Å². The zero-order valence-corrected chi connectivity index (χ0v) is 27.1. The van der Waals surface area contributed by atoms with Crippen LogP contribution < -0.4 is 5.32 Å². The van der Waals surface area contributed by atoms with Gasteiger partial charge in [-0.3, -0.25) is 0 Å². The molecule has 0 aliphatic heterocycles. The van der Waals surface area contributed by atoms with Crippen molar-refractivity contribution in [1.29, 1.82) is 0 Å². The lowest BCUT2D eigenvalue weighted by Crippen LogP contribution is -2.45. The number of aliphatic hydroxyl groups excluding tert-OH is 1. The Balaban J connectivity index is 1.17. The topological polar surface area (TPSA) is 132 Å². The van der Waals surface area contributed by atoms with Crippen LogP contribution in [0.1, 0.15) is 61.9 Å². The Bertz CT molecular complexity index is 1610. The highest BCUT2D eigenvalue weighted by molar-refractivity contribution is 5.81. The SMILES string of the molecule is Cc1ccc(-c2cc(C3(O)CCC(OCOC(=O)[C@@H](NC(=O)OCc4ccccc4)C(C)C)CC3)nn2-c2ccc(CO)cc2)cc1. The quantitative estimate of drug-likeness (QED) is 0.128. The summed E-state index contributed by atoms with van der Waals surface area (Å²) in [4.78, 5) is 25.2. The Labute approximate surface area is 275 Å². The minimum atomic E-state index is -1.15. The van der Waals surface area contributed by atoms with Gasteiger partial charge in [0.05, 0.1) is 29.8 Å². The highest BCUT2D eigenvalue weighted by Gasteiger charge is 2.38. The number of nitrogens with zero attached hydrogens (tertiary/aromatic N) is 2. The molecule has 248 valence electrons. The predicted octanol–water partition coefficient (Wildman–Crippen LogP) is 5.94. The number of esters is 1. The van der Waals surface area contributed by atoms with Crippen molar-refractivity contribution in [2.75, 3.05) is 6.79 Å². The molecule has 1 amide bonds. The van der Waals surface area contributed by atoms with Gasteiger partial charge in [0.15, 0.2) is 6.79 Å². The van der Waals surface area contributed by atoms with E-state index in [1.165, 1.54) is 0 Å². The van der Waals surface area contributed by atoms with Crippen molar-refractivity contribution in [1.82, 2.24) is 15.1 Å². The summed E-state index contributed by atoms with van der Waals surface area (Å²) in [5.74, 6) is -0.834. The third kappa shape index (κ3) is 8.65. The van der Waals surface area contributed by atoms with E-state index in [4.69, 9.17) is 19.3 Å². The zero-order chi connectivity index (χ0) is 33.4. The highest BCUT2D eigenvalue weighted by Crippen LogP contribution is 2.39. The molecule has 1 saturated carbocycles. The van der Waals surface area contributed by atoms with Crippen molar-refractivity contribution in [2.45, 2.75) is 77.4 Å². The second kappa shape index (κ2) is 15.4. The number of aryl methyl sites for hydroxylation is 1. The molecule has 0 spiro atoms. The fraction of sp³-hybridized carbons (Fsp3) is 0.378. The van der Waals surface area contributed by atoms with Crippen LogP contribution in [-0.4, -0.2) is 51.0 Å². The molecule has 10 nitrogen and oxygen atoms in total. The number of alkyl carbamates (subject to hydrolysis) is 1. The van der Waals surface area contributed by atoms with Crippen LogP contribution in [0.5, 0.6) is 0 Å². The van der Waals surface area contributed by atoms with Crippen molar-refractivity contribution in [3.63, 3.8) is 0 Å². The van der Waals surface area contributed by atoms with E-state index in [9.17, 15) is 19.8 Å². The van der Waals surface area contributed by atoms with E-state index in [0.29, 0.717) is 31.4 Å². The lowest BCUT2D eigenvalue weighted by Gasteiger charge is -2.34. The van der Waals surface area contributed by atoms with Crippen LogP contribution >= 0.6 is 0 Å². The van der Waals surface area contributed by atoms with Gasteiger partial charge in [-0.1, -0.05) is 86.1 Å². The molecule has 1 heterocycles. The van der Waals surface area contributed by atoms with Gasteiger partial charge >= 0.3 is 12.1 Å². The van der Waals surface area contributed by atoms with Gasteiger partial charge in [-0.25, -0.2) is 14.3 Å². The van der Waals surface area contributed by atoms with Crippen molar-refractivity contribution in [2.24, 2.45) is 5.92 Å². The van der Waals surface area contributed by atoms with E-state index < -0.39 is 23.7 Å². The molecule has 1 aliphatic carbocycles. The Hall–Kier alpha value is -4.51. The molecule has 1 atom stereocenters. The summed E-state index contributed by atoms with van der Waals surface area (Å²) < 4.78 is 18.4. The van der Waals surface area contributed by atoms with E-state index in [2.05, 4.69) is 5.32 Å². The standard InChI is InChI=1S/C37H43N3O7/c1-25(2)34(38-36(43)45-23-28-7-5-4-6-8-28)35(42)47-24-46-31-17-19-37(44,20-18-31)33-21-32(29-13-9-26(3)10-14-29)40(39-33)30-15-11-27(22-41)12-16-30/h4-16,21,25,31,34,41,44H,17-20,22-24H2,1-3H3,(H,38,43)/t31?,34-,37?/m0/s1. The number of aromatic nitrogens is 2. The van der Waals surface area contributed by atoms with Gasteiger partial charge in [-0.2, -0.15) is 5.10 Å². The average Bonchev–Trinajstić information content (AvgIpc) is 3.54. The Morgan fingerprint density at radius 1 is 0.957 bits per heavy atom. The summed E-state index contributed by atoms with van der Waals surface area (Å²) in [5.41, 5.74) is 4.87. The molecule has 0 unspecified atom stereocenters. The van der Waals surface area contributed by atoms with Gasteiger partial charge in [-0.05, 0) is 67.9 Å². The predicted molar refractivity (Wildman–Crippen MR) is 176 cm³/mol. The molecule has 3 aromatic carbocycles. The minimum absolute atomic E-state index is 0.0450. The Morgan fingerprint density at radius 3 is 2.28 bits per heavy atom. The maximum absolute atomic E-state index is 12.8. The van der Waals surface area contributed by atoms with Crippen molar-refractivity contribution in [3.8, 4) is 16.9 Å². The average molecular weight is 642 g/mol. The maximum atomic E-state index is 12.8. The third-order valence-electron chi connectivity index (χ3n) is 8.57. The highest BCUT2D eigenvalue weighted by atomic mass is 16.7. The second-order valence-electron chi connectivity index (χ2n) is 12.4. The summed E-state index contributed by atoms with van der Waals surface area (Å²) in [6, 6.07) is 26.0. The minimum Gasteiger partial charge on any atom is -0.445 e. The monoisotopic (exact) mass is 641 g/mol. The largest absolute Gasteiger partial charge is 0.445 e. The van der Waals surface area contributed by atoms with Gasteiger partial charge < -0.3 is 29.7 Å². The zero-order valence-electron chi connectivity index (χ0n) is 27.1. The maximum Gasteiger partial charge on any atom is 0.408 e. The van der Waals surface area contributed by atoms with Gasteiger partial charge in [0.1, 0.15) is 18.2 Å². The third-order valence-corrected chi connectivity index (χ3v) is 8.57. The number of amides is 1. The fourth-order valence-corrected chi connectivity index (χ4v) is 5.64. The van der Waals surface area contributed by atoms with E-state index in [1.807, 2.05) is 110 Å².